The van der Waals surface area contributed by atoms with Gasteiger partial charge >= 0.3 is 0 Å². The molecule has 3 rings (SSSR count). The average Bonchev–Trinajstić information content (AvgIpc) is 3.07. The largest absolute Gasteiger partial charge is 0.353 e. The van der Waals surface area contributed by atoms with Crippen LogP contribution in [0.15, 0.2) is 40.5 Å². The third-order valence-corrected chi connectivity index (χ3v) is 5.99. The SMILES string of the molecule is CCC[C@@H](C)NC(=O)CSCc1nc2scc(-c3ccccc3)c2c(=O)[nH]1. The van der Waals surface area contributed by atoms with E-state index in [1.165, 1.54) is 23.1 Å². The van der Waals surface area contributed by atoms with E-state index in [4.69, 9.17) is 0 Å². The van der Waals surface area contributed by atoms with E-state index in [0.717, 1.165) is 28.8 Å². The van der Waals surface area contributed by atoms with E-state index in [-0.39, 0.29) is 17.5 Å². The monoisotopic (exact) mass is 401 g/mol. The van der Waals surface area contributed by atoms with Gasteiger partial charge in [0.1, 0.15) is 10.7 Å². The van der Waals surface area contributed by atoms with E-state index in [2.05, 4.69) is 22.2 Å². The summed E-state index contributed by atoms with van der Waals surface area (Å²) in [6.07, 6.45) is 2.02. The molecule has 0 aliphatic heterocycles. The lowest BCUT2D eigenvalue weighted by molar-refractivity contribution is -0.119. The Balaban J connectivity index is 1.67. The van der Waals surface area contributed by atoms with Crippen LogP contribution in [0.3, 0.4) is 0 Å². The predicted molar refractivity (Wildman–Crippen MR) is 114 cm³/mol. The van der Waals surface area contributed by atoms with Crippen LogP contribution < -0.4 is 10.9 Å². The molecular weight excluding hydrogens is 378 g/mol. The molecule has 0 saturated carbocycles. The van der Waals surface area contributed by atoms with Gasteiger partial charge in [-0.05, 0) is 18.9 Å². The Kier molecular flexibility index (Phi) is 6.68. The molecule has 142 valence electrons. The van der Waals surface area contributed by atoms with Crippen molar-refractivity contribution in [1.82, 2.24) is 15.3 Å². The Labute approximate surface area is 166 Å². The number of thioether (sulfide) groups is 1. The number of benzene rings is 1. The normalized spacial score (nSPS) is 12.2. The van der Waals surface area contributed by atoms with Gasteiger partial charge in [0, 0.05) is 17.0 Å². The van der Waals surface area contributed by atoms with Gasteiger partial charge in [0.2, 0.25) is 5.91 Å². The van der Waals surface area contributed by atoms with Crippen LogP contribution in [0, 0.1) is 0 Å². The van der Waals surface area contributed by atoms with Gasteiger partial charge in [-0.3, -0.25) is 9.59 Å². The minimum Gasteiger partial charge on any atom is -0.353 e. The summed E-state index contributed by atoms with van der Waals surface area (Å²) in [6, 6.07) is 10.0. The molecule has 0 spiro atoms. The van der Waals surface area contributed by atoms with Gasteiger partial charge in [0.25, 0.3) is 5.56 Å². The summed E-state index contributed by atoms with van der Waals surface area (Å²) >= 11 is 2.93. The van der Waals surface area contributed by atoms with Gasteiger partial charge < -0.3 is 10.3 Å². The summed E-state index contributed by atoms with van der Waals surface area (Å²) in [7, 11) is 0. The molecule has 0 aliphatic rings. The van der Waals surface area contributed by atoms with Gasteiger partial charge in [0.05, 0.1) is 16.9 Å². The van der Waals surface area contributed by atoms with Crippen LogP contribution in [-0.4, -0.2) is 27.7 Å². The first kappa shape index (κ1) is 19.6. The summed E-state index contributed by atoms with van der Waals surface area (Å²) in [5, 5.41) is 5.58. The first-order valence-corrected chi connectivity index (χ1v) is 11.0. The number of nitrogens with one attached hydrogen (secondary N) is 2. The van der Waals surface area contributed by atoms with Crippen LogP contribution in [0.1, 0.15) is 32.5 Å². The van der Waals surface area contributed by atoms with Crippen molar-refractivity contribution >= 4 is 39.2 Å². The van der Waals surface area contributed by atoms with Gasteiger partial charge in [0.15, 0.2) is 0 Å². The fraction of sp³-hybridized carbons (Fsp3) is 0.350. The number of carbonyl (C=O) groups is 1. The van der Waals surface area contributed by atoms with Crippen LogP contribution >= 0.6 is 23.1 Å². The minimum absolute atomic E-state index is 0.0202. The Morgan fingerprint density at radius 2 is 2.11 bits per heavy atom. The smallest absolute Gasteiger partial charge is 0.260 e. The Bertz CT molecular complexity index is 966. The van der Waals surface area contributed by atoms with Crippen LogP contribution in [0.4, 0.5) is 0 Å². The van der Waals surface area contributed by atoms with E-state index >= 15 is 0 Å². The fourth-order valence-corrected chi connectivity index (χ4v) is 4.62. The number of fused-ring (bicyclic) bond motifs is 1. The number of hydrogen-bond acceptors (Lipinski definition) is 5. The standard InChI is InChI=1S/C20H23N3O2S2/c1-3-7-13(2)21-17(24)12-26-11-16-22-19(25)18-15(10-27-20(18)23-16)14-8-5-4-6-9-14/h4-6,8-10,13H,3,7,11-12H2,1-2H3,(H,21,24)(H,22,23,25)/t13-/m1/s1. The molecule has 0 aliphatic carbocycles. The average molecular weight is 402 g/mol. The first-order valence-electron chi connectivity index (χ1n) is 9.01. The van der Waals surface area contributed by atoms with Crippen molar-refractivity contribution in [2.75, 3.05) is 5.75 Å². The number of nitrogens with zero attached hydrogens (tertiary/aromatic N) is 1. The zero-order valence-corrected chi connectivity index (χ0v) is 17.1. The number of thiophene rings is 1. The van der Waals surface area contributed by atoms with E-state index in [1.54, 1.807) is 0 Å². The summed E-state index contributed by atoms with van der Waals surface area (Å²) < 4.78 is 0. The van der Waals surface area contributed by atoms with Crippen molar-refractivity contribution in [1.29, 1.82) is 0 Å². The predicted octanol–water partition coefficient (Wildman–Crippen LogP) is 4.19. The van der Waals surface area contributed by atoms with Gasteiger partial charge in [-0.2, -0.15) is 0 Å². The van der Waals surface area contributed by atoms with Crippen LogP contribution in [-0.2, 0) is 10.5 Å². The van der Waals surface area contributed by atoms with E-state index in [0.29, 0.717) is 22.7 Å². The molecule has 3 aromatic rings. The number of amides is 1. The molecule has 0 bridgehead atoms. The summed E-state index contributed by atoms with van der Waals surface area (Å²) in [6.45, 7) is 4.11. The fourth-order valence-electron chi connectivity index (χ4n) is 2.95. The lowest BCUT2D eigenvalue weighted by Crippen LogP contribution is -2.33. The summed E-state index contributed by atoms with van der Waals surface area (Å²) in [5.41, 5.74) is 1.79. The van der Waals surface area contributed by atoms with Crippen LogP contribution in [0.2, 0.25) is 0 Å². The molecule has 1 aromatic carbocycles. The number of carbonyl (C=O) groups excluding carboxylic acids is 1. The lowest BCUT2D eigenvalue weighted by Gasteiger charge is -2.12. The zero-order valence-electron chi connectivity index (χ0n) is 15.5. The Morgan fingerprint density at radius 1 is 1.33 bits per heavy atom. The highest BCUT2D eigenvalue weighted by Crippen LogP contribution is 2.30. The maximum absolute atomic E-state index is 12.6. The second-order valence-electron chi connectivity index (χ2n) is 6.46. The Morgan fingerprint density at radius 3 is 2.85 bits per heavy atom. The third kappa shape index (κ3) is 4.99. The molecule has 0 fully saturated rings. The number of hydrogen-bond donors (Lipinski definition) is 2. The van der Waals surface area contributed by atoms with Gasteiger partial charge in [-0.25, -0.2) is 4.98 Å². The highest BCUT2D eigenvalue weighted by Gasteiger charge is 2.13. The highest BCUT2D eigenvalue weighted by atomic mass is 32.2. The highest BCUT2D eigenvalue weighted by molar-refractivity contribution is 7.99. The van der Waals surface area contributed by atoms with Crippen molar-refractivity contribution in [3.63, 3.8) is 0 Å². The van der Waals surface area contributed by atoms with Crippen molar-refractivity contribution in [3.05, 3.63) is 51.9 Å². The summed E-state index contributed by atoms with van der Waals surface area (Å²) in [4.78, 5) is 32.7. The number of aromatic amines is 1. The molecule has 7 heteroatoms. The van der Waals surface area contributed by atoms with E-state index in [9.17, 15) is 9.59 Å². The quantitative estimate of drug-likeness (QED) is 0.593. The second-order valence-corrected chi connectivity index (χ2v) is 8.30. The molecule has 0 saturated heterocycles. The molecule has 0 radical (unpaired) electrons. The molecule has 2 N–H and O–H groups in total. The van der Waals surface area contributed by atoms with Crippen LogP contribution in [0.25, 0.3) is 21.3 Å². The summed E-state index contributed by atoms with van der Waals surface area (Å²) in [5.74, 6) is 1.48. The van der Waals surface area contributed by atoms with Gasteiger partial charge in [-0.15, -0.1) is 23.1 Å². The maximum atomic E-state index is 12.6. The molecule has 0 unspecified atom stereocenters. The second kappa shape index (κ2) is 9.19. The van der Waals surface area contributed by atoms with Crippen molar-refractivity contribution < 1.29 is 4.79 Å². The minimum atomic E-state index is -0.128. The van der Waals surface area contributed by atoms with E-state index < -0.39 is 0 Å². The topological polar surface area (TPSA) is 74.8 Å². The molecule has 2 heterocycles. The van der Waals surface area contributed by atoms with Crippen molar-refractivity contribution in [2.24, 2.45) is 0 Å². The van der Waals surface area contributed by atoms with Crippen molar-refractivity contribution in [3.8, 4) is 11.1 Å². The molecule has 1 amide bonds. The molecular formula is C20H23N3O2S2. The maximum Gasteiger partial charge on any atom is 0.260 e. The first-order chi connectivity index (χ1) is 13.1. The van der Waals surface area contributed by atoms with Gasteiger partial charge in [-0.1, -0.05) is 43.7 Å². The van der Waals surface area contributed by atoms with Crippen LogP contribution in [0.5, 0.6) is 0 Å². The Hall–Kier alpha value is -2.12. The molecule has 2 aromatic heterocycles. The lowest BCUT2D eigenvalue weighted by atomic mass is 10.1. The number of rotatable bonds is 8. The number of aromatic nitrogens is 2. The third-order valence-electron chi connectivity index (χ3n) is 4.18. The molecule has 5 nitrogen and oxygen atoms in total. The molecule has 1 atom stereocenters. The zero-order chi connectivity index (χ0) is 19.2. The number of H-pyrrole nitrogens is 1. The van der Waals surface area contributed by atoms with E-state index in [1.807, 2.05) is 42.6 Å². The van der Waals surface area contributed by atoms with Crippen molar-refractivity contribution in [2.45, 2.75) is 38.5 Å². The molecule has 27 heavy (non-hydrogen) atoms.